The van der Waals surface area contributed by atoms with Crippen LogP contribution in [0.3, 0.4) is 0 Å². The molecule has 1 aliphatic rings. The zero-order valence-corrected chi connectivity index (χ0v) is 43.3. The molecule has 0 spiro atoms. The highest BCUT2D eigenvalue weighted by molar-refractivity contribution is 6.74. The van der Waals surface area contributed by atoms with Crippen molar-refractivity contribution in [1.29, 1.82) is 0 Å². The number of unbranched alkanes of at least 4 members (excludes halogenated alkanes) is 1. The third-order valence-corrected chi connectivity index (χ3v) is 15.7. The van der Waals surface area contributed by atoms with Crippen LogP contribution in [0.4, 0.5) is 5.69 Å². The van der Waals surface area contributed by atoms with E-state index in [0.29, 0.717) is 17.7 Å². The van der Waals surface area contributed by atoms with Gasteiger partial charge in [0.2, 0.25) is 12.3 Å². The minimum absolute atomic E-state index is 0.0260. The number of hydrogen-bond donors (Lipinski definition) is 1. The standard InChI is InChI=1S/C48H78N2O14Si/c1-44(2,3)40(54)59-28-33-35(62-41(55)45(4,5)6)36(63-42(56)46(7,8)9)37(64-43(57)47(10,11)12)39(61-33)50(29-51)32(25-21-22-26-34(52)58-16)38(53)49-31-24-20-19-23-30(31)27-60-65(17,18)48(13,14)15/h19-20,23-24,29,32-33,35-37,39H,21-22,25-28H2,1-18H3,(H,49,53)/t32-,33+,35-,36-,37+,39+/m0/s1. The SMILES string of the molecule is COC(=O)CCCC[C@@H](C(=O)Nc1ccccc1CO[Si](C)(C)C(C)(C)C)N(C=O)[C@@H]1O[C@H](COC(=O)C(C)(C)C)[C@H](OC(=O)C(C)(C)C)[C@H](OC(=O)C(C)(C)C)[C@H]1OC(=O)C(C)(C)C. The second kappa shape index (κ2) is 22.4. The Hall–Kier alpha value is -4.35. The Morgan fingerprint density at radius 2 is 1.22 bits per heavy atom. The van der Waals surface area contributed by atoms with Gasteiger partial charge in [0, 0.05) is 12.1 Å². The Morgan fingerprint density at radius 3 is 1.69 bits per heavy atom. The van der Waals surface area contributed by atoms with E-state index in [9.17, 15) is 33.6 Å². The first kappa shape index (κ1) is 56.8. The predicted molar refractivity (Wildman–Crippen MR) is 246 cm³/mol. The molecule has 0 aromatic heterocycles. The number of para-hydroxylation sites is 1. The lowest BCUT2D eigenvalue weighted by molar-refractivity contribution is -0.282. The number of ether oxygens (including phenoxy) is 6. The van der Waals surface area contributed by atoms with Gasteiger partial charge in [0.1, 0.15) is 18.8 Å². The molecule has 0 unspecified atom stereocenters. The van der Waals surface area contributed by atoms with E-state index >= 15 is 0 Å². The van der Waals surface area contributed by atoms with Crippen molar-refractivity contribution in [1.82, 2.24) is 4.90 Å². The van der Waals surface area contributed by atoms with E-state index in [4.69, 9.17) is 32.8 Å². The molecule has 368 valence electrons. The van der Waals surface area contributed by atoms with Crippen LogP contribution in [-0.4, -0.2) is 106 Å². The van der Waals surface area contributed by atoms with Gasteiger partial charge in [-0.25, -0.2) is 0 Å². The maximum absolute atomic E-state index is 14.8. The van der Waals surface area contributed by atoms with Crippen LogP contribution in [-0.2, 0) is 73.0 Å². The molecule has 1 heterocycles. The summed E-state index contributed by atoms with van der Waals surface area (Å²) >= 11 is 0. The molecule has 16 nitrogen and oxygen atoms in total. The van der Waals surface area contributed by atoms with E-state index < -0.39 is 109 Å². The van der Waals surface area contributed by atoms with Gasteiger partial charge in [-0.2, -0.15) is 0 Å². The second-order valence-corrected chi connectivity index (χ2v) is 27.2. The van der Waals surface area contributed by atoms with E-state index in [1.807, 2.05) is 12.1 Å². The molecule has 17 heteroatoms. The quantitative estimate of drug-likeness (QED) is 0.0490. The minimum atomic E-state index is -2.24. The number of esters is 5. The Morgan fingerprint density at radius 1 is 0.723 bits per heavy atom. The van der Waals surface area contributed by atoms with Crippen molar-refractivity contribution in [2.75, 3.05) is 19.0 Å². The van der Waals surface area contributed by atoms with Crippen molar-refractivity contribution < 1.29 is 66.4 Å². The molecule has 1 aromatic rings. The van der Waals surface area contributed by atoms with Gasteiger partial charge in [0.05, 0.1) is 35.4 Å². The number of methoxy groups -OCH3 is 1. The van der Waals surface area contributed by atoms with Crippen LogP contribution in [0, 0.1) is 21.7 Å². The van der Waals surface area contributed by atoms with Crippen LogP contribution < -0.4 is 5.32 Å². The molecule has 1 saturated heterocycles. The normalized spacial score (nSPS) is 20.1. The minimum Gasteiger partial charge on any atom is -0.469 e. The summed E-state index contributed by atoms with van der Waals surface area (Å²) in [5.74, 6) is -4.11. The van der Waals surface area contributed by atoms with Gasteiger partial charge < -0.3 is 43.1 Å². The van der Waals surface area contributed by atoms with Crippen molar-refractivity contribution in [2.24, 2.45) is 21.7 Å². The van der Waals surface area contributed by atoms with Crippen LogP contribution in [0.5, 0.6) is 0 Å². The maximum atomic E-state index is 14.8. The van der Waals surface area contributed by atoms with E-state index in [1.54, 1.807) is 95.2 Å². The number of nitrogens with one attached hydrogen (secondary N) is 1. The van der Waals surface area contributed by atoms with Gasteiger partial charge in [0.15, 0.2) is 32.9 Å². The predicted octanol–water partition coefficient (Wildman–Crippen LogP) is 7.90. The van der Waals surface area contributed by atoms with Crippen LogP contribution in [0.1, 0.15) is 135 Å². The third kappa shape index (κ3) is 16.5. The fraction of sp³-hybridized carbons (Fsp3) is 0.729. The Labute approximate surface area is 387 Å². The van der Waals surface area contributed by atoms with Crippen molar-refractivity contribution in [3.8, 4) is 0 Å². The first-order valence-electron chi connectivity index (χ1n) is 22.3. The fourth-order valence-electron chi connectivity index (χ4n) is 5.84. The molecule has 0 saturated carbocycles. The molecule has 0 bridgehead atoms. The molecular formula is C48H78N2O14Si. The molecule has 6 atom stereocenters. The Balaban J connectivity index is 2.95. The molecule has 1 fully saturated rings. The smallest absolute Gasteiger partial charge is 0.311 e. The van der Waals surface area contributed by atoms with Gasteiger partial charge in [-0.15, -0.1) is 0 Å². The molecular weight excluding hydrogens is 857 g/mol. The lowest BCUT2D eigenvalue weighted by Crippen LogP contribution is -2.68. The van der Waals surface area contributed by atoms with Crippen LogP contribution in [0.25, 0.3) is 0 Å². The summed E-state index contributed by atoms with van der Waals surface area (Å²) in [7, 11) is -0.971. The molecule has 2 rings (SSSR count). The number of anilines is 1. The highest BCUT2D eigenvalue weighted by atomic mass is 28.4. The largest absolute Gasteiger partial charge is 0.469 e. The summed E-state index contributed by atoms with van der Waals surface area (Å²) in [4.78, 5) is 96.6. The van der Waals surface area contributed by atoms with Crippen LogP contribution in [0.15, 0.2) is 24.3 Å². The monoisotopic (exact) mass is 935 g/mol. The summed E-state index contributed by atoms with van der Waals surface area (Å²) in [6.45, 7) is 29.6. The first-order valence-corrected chi connectivity index (χ1v) is 25.3. The lowest BCUT2D eigenvalue weighted by atomic mass is 9.91. The third-order valence-electron chi connectivity index (χ3n) is 11.3. The first-order chi connectivity index (χ1) is 29.6. The van der Waals surface area contributed by atoms with Gasteiger partial charge in [0.25, 0.3) is 0 Å². The van der Waals surface area contributed by atoms with Crippen molar-refractivity contribution in [3.63, 3.8) is 0 Å². The van der Waals surface area contributed by atoms with Crippen molar-refractivity contribution in [2.45, 2.75) is 191 Å². The van der Waals surface area contributed by atoms with E-state index in [2.05, 4.69) is 39.2 Å². The van der Waals surface area contributed by atoms with Crippen molar-refractivity contribution in [3.05, 3.63) is 29.8 Å². The summed E-state index contributed by atoms with van der Waals surface area (Å²) < 4.78 is 42.2. The number of amides is 2. The highest BCUT2D eigenvalue weighted by Crippen LogP contribution is 2.39. The highest BCUT2D eigenvalue weighted by Gasteiger charge is 2.57. The van der Waals surface area contributed by atoms with Gasteiger partial charge >= 0.3 is 29.8 Å². The molecule has 2 amide bonds. The molecule has 1 aromatic carbocycles. The topological polar surface area (TPSA) is 199 Å². The van der Waals surface area contributed by atoms with E-state index in [0.717, 1.165) is 4.90 Å². The average molecular weight is 935 g/mol. The number of hydrogen-bond acceptors (Lipinski definition) is 14. The zero-order chi connectivity index (χ0) is 50.1. The summed E-state index contributed by atoms with van der Waals surface area (Å²) in [6, 6.07) is 5.72. The molecule has 1 aliphatic heterocycles. The maximum Gasteiger partial charge on any atom is 0.311 e. The number of benzene rings is 1. The lowest BCUT2D eigenvalue weighted by Gasteiger charge is -2.49. The molecule has 1 N–H and O–H groups in total. The Kier molecular flexibility index (Phi) is 19.6. The summed E-state index contributed by atoms with van der Waals surface area (Å²) in [5, 5.41) is 2.89. The van der Waals surface area contributed by atoms with Crippen molar-refractivity contribution >= 4 is 56.2 Å². The number of nitrogens with zero attached hydrogens (tertiary/aromatic N) is 1. The molecule has 0 aliphatic carbocycles. The molecule has 0 radical (unpaired) electrons. The van der Waals surface area contributed by atoms with E-state index in [-0.39, 0.29) is 37.3 Å². The van der Waals surface area contributed by atoms with Gasteiger partial charge in [-0.05, 0) is 126 Å². The summed E-state index contributed by atoms with van der Waals surface area (Å²) in [6.07, 6.45) is -7.27. The second-order valence-electron chi connectivity index (χ2n) is 22.4. The van der Waals surface area contributed by atoms with E-state index in [1.165, 1.54) is 7.11 Å². The number of carbonyl (C=O) groups is 7. The number of rotatable bonds is 18. The summed E-state index contributed by atoms with van der Waals surface area (Å²) in [5.41, 5.74) is -3.30. The number of carbonyl (C=O) groups excluding carboxylic acids is 7. The fourth-order valence-corrected chi connectivity index (χ4v) is 6.79. The Bertz CT molecular complexity index is 1830. The average Bonchev–Trinajstić information content (AvgIpc) is 3.17. The van der Waals surface area contributed by atoms with Crippen LogP contribution in [0.2, 0.25) is 18.1 Å². The van der Waals surface area contributed by atoms with Crippen LogP contribution >= 0.6 is 0 Å². The zero-order valence-electron chi connectivity index (χ0n) is 42.3. The van der Waals surface area contributed by atoms with Gasteiger partial charge in [-0.3, -0.25) is 33.6 Å². The molecule has 65 heavy (non-hydrogen) atoms. The van der Waals surface area contributed by atoms with Gasteiger partial charge in [-0.1, -0.05) is 45.4 Å².